The molecule has 0 saturated heterocycles. The minimum absolute atomic E-state index is 0.335. The number of rotatable bonds is 6. The van der Waals surface area contributed by atoms with Crippen LogP contribution in [0, 0.1) is 29.5 Å². The third-order valence-electron chi connectivity index (χ3n) is 2.45. The summed E-state index contributed by atoms with van der Waals surface area (Å²) in [6.07, 6.45) is 6.52. The third kappa shape index (κ3) is 4.37. The normalized spacial score (nSPS) is 11.6. The van der Waals surface area contributed by atoms with E-state index in [2.05, 4.69) is 27.9 Å². The third-order valence-corrected chi connectivity index (χ3v) is 4.08. The lowest BCUT2D eigenvalue weighted by Crippen LogP contribution is -2.01. The summed E-state index contributed by atoms with van der Waals surface area (Å²) in [6, 6.07) is 7.21. The van der Waals surface area contributed by atoms with Gasteiger partial charge in [0.2, 0.25) is 0 Å². The molecule has 18 heavy (non-hydrogen) atoms. The van der Waals surface area contributed by atoms with Crippen molar-refractivity contribution in [2.24, 2.45) is 0 Å². The molecule has 94 valence electrons. The van der Waals surface area contributed by atoms with E-state index in [9.17, 15) is 4.39 Å². The van der Waals surface area contributed by atoms with Crippen LogP contribution >= 0.6 is 27.7 Å². The number of hydrogen-bond acceptors (Lipinski definition) is 2. The van der Waals surface area contributed by atoms with E-state index in [0.717, 1.165) is 17.9 Å². The number of nitriles is 1. The van der Waals surface area contributed by atoms with Gasteiger partial charge in [0.25, 0.3) is 0 Å². The quantitative estimate of drug-likeness (QED) is 0.573. The summed E-state index contributed by atoms with van der Waals surface area (Å²) in [5.41, 5.74) is 0.462. The van der Waals surface area contributed by atoms with Crippen molar-refractivity contribution in [1.82, 2.24) is 0 Å². The van der Waals surface area contributed by atoms with E-state index >= 15 is 0 Å². The molecule has 0 amide bonds. The van der Waals surface area contributed by atoms with E-state index in [1.807, 2.05) is 0 Å². The Labute approximate surface area is 120 Å². The minimum Gasteiger partial charge on any atom is -0.205 e. The van der Waals surface area contributed by atoms with Crippen molar-refractivity contribution in [2.45, 2.75) is 18.8 Å². The second kappa shape index (κ2) is 8.19. The van der Waals surface area contributed by atoms with Crippen LogP contribution in [0.25, 0.3) is 0 Å². The highest BCUT2D eigenvalue weighted by Gasteiger charge is 2.16. The first-order chi connectivity index (χ1) is 8.70. The molecule has 0 N–H and O–H groups in total. The van der Waals surface area contributed by atoms with Gasteiger partial charge in [0, 0.05) is 17.7 Å². The lowest BCUT2D eigenvalue weighted by molar-refractivity contribution is 0.592. The molecule has 1 rings (SSSR count). The lowest BCUT2D eigenvalue weighted by Gasteiger charge is -2.10. The van der Waals surface area contributed by atoms with Crippen LogP contribution in [0.2, 0.25) is 0 Å². The number of terminal acetylenes is 1. The molecule has 0 aromatic heterocycles. The van der Waals surface area contributed by atoms with Crippen molar-refractivity contribution in [3.8, 4) is 18.4 Å². The first kappa shape index (κ1) is 15.1. The molecule has 0 heterocycles. The molecule has 1 atom stereocenters. The summed E-state index contributed by atoms with van der Waals surface area (Å²) in [4.78, 5) is 0. The predicted octanol–water partition coefficient (Wildman–Crippen LogP) is 4.34. The fraction of sp³-hybridized carbons (Fsp3) is 0.357. The lowest BCUT2D eigenvalue weighted by atomic mass is 9.98. The van der Waals surface area contributed by atoms with Gasteiger partial charge in [-0.2, -0.15) is 17.0 Å². The maximum Gasteiger partial charge on any atom is 0.141 e. The van der Waals surface area contributed by atoms with Gasteiger partial charge in [-0.25, -0.2) is 4.39 Å². The zero-order valence-electron chi connectivity index (χ0n) is 9.83. The zero-order valence-corrected chi connectivity index (χ0v) is 12.2. The number of halogens is 2. The van der Waals surface area contributed by atoms with Crippen molar-refractivity contribution in [3.63, 3.8) is 0 Å². The van der Waals surface area contributed by atoms with E-state index in [1.54, 1.807) is 30.0 Å². The first-order valence-corrected chi connectivity index (χ1v) is 7.50. The average molecular weight is 326 g/mol. The van der Waals surface area contributed by atoms with Crippen LogP contribution in [0.1, 0.15) is 24.3 Å². The maximum atomic E-state index is 13.8. The van der Waals surface area contributed by atoms with E-state index in [0.29, 0.717) is 16.5 Å². The molecule has 0 aliphatic rings. The van der Waals surface area contributed by atoms with Gasteiger partial charge in [-0.1, -0.05) is 12.1 Å². The summed E-state index contributed by atoms with van der Waals surface area (Å²) in [7, 11) is 0. The monoisotopic (exact) mass is 325 g/mol. The number of hydrogen-bond donors (Lipinski definition) is 0. The Hall–Kier alpha value is -0.970. The predicted molar refractivity (Wildman–Crippen MR) is 77.8 cm³/mol. The van der Waals surface area contributed by atoms with Crippen LogP contribution in [-0.2, 0) is 0 Å². The largest absolute Gasteiger partial charge is 0.205 e. The van der Waals surface area contributed by atoms with E-state index < -0.39 is 5.92 Å². The summed E-state index contributed by atoms with van der Waals surface area (Å²) < 4.78 is 14.2. The summed E-state index contributed by atoms with van der Waals surface area (Å²) >= 11 is 4.83. The van der Waals surface area contributed by atoms with Crippen LogP contribution in [0.4, 0.5) is 4.39 Å². The van der Waals surface area contributed by atoms with Gasteiger partial charge < -0.3 is 0 Å². The Morgan fingerprint density at radius 1 is 1.44 bits per heavy atom. The van der Waals surface area contributed by atoms with Gasteiger partial charge in [-0.15, -0.1) is 12.3 Å². The van der Waals surface area contributed by atoms with Crippen molar-refractivity contribution >= 4 is 27.7 Å². The van der Waals surface area contributed by atoms with E-state index in [1.165, 1.54) is 0 Å². The Kier molecular flexibility index (Phi) is 6.86. The van der Waals surface area contributed by atoms with E-state index in [4.69, 9.17) is 11.7 Å². The van der Waals surface area contributed by atoms with Gasteiger partial charge >= 0.3 is 0 Å². The second-order valence-electron chi connectivity index (χ2n) is 3.68. The highest BCUT2D eigenvalue weighted by Crippen LogP contribution is 2.27. The molecule has 0 bridgehead atoms. The molecule has 0 saturated carbocycles. The second-order valence-corrected chi connectivity index (χ2v) is 5.76. The number of thioether (sulfide) groups is 1. The number of benzene rings is 1. The molecule has 1 nitrogen and oxygen atoms in total. The van der Waals surface area contributed by atoms with Crippen LogP contribution in [0.3, 0.4) is 0 Å². The first-order valence-electron chi connectivity index (χ1n) is 5.55. The van der Waals surface area contributed by atoms with Crippen LogP contribution in [0.5, 0.6) is 0 Å². The van der Waals surface area contributed by atoms with Crippen LogP contribution in [0.15, 0.2) is 22.7 Å². The minimum atomic E-state index is -0.402. The van der Waals surface area contributed by atoms with E-state index in [-0.39, 0.29) is 5.82 Å². The van der Waals surface area contributed by atoms with Gasteiger partial charge in [-0.3, -0.25) is 0 Å². The average Bonchev–Trinajstić information content (AvgIpc) is 2.38. The molecule has 1 unspecified atom stereocenters. The van der Waals surface area contributed by atoms with Crippen LogP contribution in [-0.4, -0.2) is 11.5 Å². The molecule has 4 heteroatoms. The number of nitrogens with zero attached hydrogens (tertiary/aromatic N) is 1. The summed E-state index contributed by atoms with van der Waals surface area (Å²) in [5.74, 6) is 3.52. The Morgan fingerprint density at radius 3 is 2.89 bits per heavy atom. The molecule has 1 aromatic rings. The van der Waals surface area contributed by atoms with Gasteiger partial charge in [-0.05, 0) is 34.2 Å². The van der Waals surface area contributed by atoms with Crippen molar-refractivity contribution in [3.05, 3.63) is 34.1 Å². The molecule has 0 radical (unpaired) electrons. The maximum absolute atomic E-state index is 13.8. The van der Waals surface area contributed by atoms with Crippen molar-refractivity contribution < 1.29 is 4.39 Å². The molecular formula is C14H13BrFNS. The Morgan fingerprint density at radius 2 is 2.22 bits per heavy atom. The topological polar surface area (TPSA) is 23.8 Å². The SMILES string of the molecule is C#CCCSCCC(C#N)c1cccc(Br)c1F. The Balaban J connectivity index is 2.59. The molecular weight excluding hydrogens is 313 g/mol. The zero-order chi connectivity index (χ0) is 13.4. The molecule has 0 aliphatic heterocycles. The standard InChI is InChI=1S/C14H13BrFNS/c1-2-3-8-18-9-7-11(10-17)12-5-4-6-13(15)14(12)16/h1,4-6,11H,3,7-9H2. The smallest absolute Gasteiger partial charge is 0.141 e. The van der Waals surface area contributed by atoms with Gasteiger partial charge in [0.1, 0.15) is 5.82 Å². The fourth-order valence-electron chi connectivity index (χ4n) is 1.51. The van der Waals surface area contributed by atoms with Crippen molar-refractivity contribution in [1.29, 1.82) is 5.26 Å². The van der Waals surface area contributed by atoms with Crippen molar-refractivity contribution in [2.75, 3.05) is 11.5 Å². The summed E-state index contributed by atoms with van der Waals surface area (Å²) in [6.45, 7) is 0. The van der Waals surface area contributed by atoms with Gasteiger partial charge in [0.15, 0.2) is 0 Å². The molecule has 0 fully saturated rings. The fourth-order valence-corrected chi connectivity index (χ4v) is 2.76. The summed E-state index contributed by atoms with van der Waals surface area (Å²) in [5, 5.41) is 9.12. The molecule has 0 aliphatic carbocycles. The molecule has 1 aromatic carbocycles. The Bertz CT molecular complexity index is 476. The van der Waals surface area contributed by atoms with Gasteiger partial charge in [0.05, 0.1) is 16.5 Å². The molecule has 0 spiro atoms. The van der Waals surface area contributed by atoms with Crippen LogP contribution < -0.4 is 0 Å². The highest BCUT2D eigenvalue weighted by atomic mass is 79.9. The highest BCUT2D eigenvalue weighted by molar-refractivity contribution is 9.10.